The highest BCUT2D eigenvalue weighted by molar-refractivity contribution is 6.06. The lowest BCUT2D eigenvalue weighted by Gasteiger charge is -2.18. The van der Waals surface area contributed by atoms with Crippen molar-refractivity contribution in [2.45, 2.75) is 33.2 Å². The van der Waals surface area contributed by atoms with Gasteiger partial charge in [0.15, 0.2) is 0 Å². The van der Waals surface area contributed by atoms with Crippen LogP contribution in [-0.4, -0.2) is 33.9 Å². The molecule has 0 aliphatic heterocycles. The molecule has 0 aromatic heterocycles. The molecule has 0 spiro atoms. The van der Waals surface area contributed by atoms with Crippen LogP contribution < -0.4 is 10.6 Å². The Labute approximate surface area is 185 Å². The summed E-state index contributed by atoms with van der Waals surface area (Å²) in [7, 11) is 0. The third-order valence-electron chi connectivity index (χ3n) is 4.51. The average Bonchev–Trinajstić information content (AvgIpc) is 2.72. The number of hydrogen-bond donors (Lipinski definition) is 3. The first-order chi connectivity index (χ1) is 15.1. The van der Waals surface area contributed by atoms with Gasteiger partial charge in [0.1, 0.15) is 11.7 Å². The maximum Gasteiger partial charge on any atom is 0.326 e. The predicted molar refractivity (Wildman–Crippen MR) is 119 cm³/mol. The van der Waals surface area contributed by atoms with E-state index in [2.05, 4.69) is 10.6 Å². The number of carboxylic acid groups (broad SMARTS) is 1. The minimum atomic E-state index is -1.20. The molecule has 2 amide bonds. The van der Waals surface area contributed by atoms with Crippen molar-refractivity contribution >= 4 is 29.5 Å². The monoisotopic (exact) mass is 439 g/mol. The summed E-state index contributed by atoms with van der Waals surface area (Å²) in [6.45, 7) is 5.51. The smallest absolute Gasteiger partial charge is 0.326 e. The zero-order chi connectivity index (χ0) is 23.8. The number of nitrogens with zero attached hydrogens (tertiary/aromatic N) is 1. The number of carbonyl (C=O) groups is 3. The Kier molecular flexibility index (Phi) is 8.23. The van der Waals surface area contributed by atoms with Crippen molar-refractivity contribution in [3.8, 4) is 0 Å². The van der Waals surface area contributed by atoms with Crippen LogP contribution in [0, 0.1) is 23.0 Å². The summed E-state index contributed by atoms with van der Waals surface area (Å²) in [4.78, 5) is 47.6. The largest absolute Gasteiger partial charge is 0.480 e. The van der Waals surface area contributed by atoms with Crippen LogP contribution >= 0.6 is 0 Å². The Hall–Kier alpha value is -4.01. The number of nitro benzene ring substituents is 1. The fourth-order valence-corrected chi connectivity index (χ4v) is 2.88. The van der Waals surface area contributed by atoms with E-state index in [1.54, 1.807) is 24.3 Å². The number of amides is 2. The van der Waals surface area contributed by atoms with E-state index in [1.165, 1.54) is 30.3 Å². The van der Waals surface area contributed by atoms with Gasteiger partial charge in [0.2, 0.25) is 0 Å². The fraction of sp³-hybridized carbons (Fsp3) is 0.261. The molecule has 168 valence electrons. The van der Waals surface area contributed by atoms with Crippen molar-refractivity contribution in [2.75, 3.05) is 0 Å². The van der Waals surface area contributed by atoms with E-state index in [4.69, 9.17) is 0 Å². The Morgan fingerprint density at radius 3 is 2.34 bits per heavy atom. The highest BCUT2D eigenvalue weighted by Crippen LogP contribution is 2.16. The van der Waals surface area contributed by atoms with Gasteiger partial charge in [-0.15, -0.1) is 0 Å². The molecule has 1 atom stereocenters. The Morgan fingerprint density at radius 1 is 1.12 bits per heavy atom. The maximum absolute atomic E-state index is 12.9. The van der Waals surface area contributed by atoms with Gasteiger partial charge in [-0.05, 0) is 43.0 Å². The van der Waals surface area contributed by atoms with E-state index < -0.39 is 28.7 Å². The molecule has 0 saturated heterocycles. The van der Waals surface area contributed by atoms with E-state index in [0.717, 1.165) is 5.56 Å². The molecule has 9 heteroatoms. The molecule has 2 aromatic carbocycles. The molecule has 32 heavy (non-hydrogen) atoms. The summed E-state index contributed by atoms with van der Waals surface area (Å²) in [6, 6.07) is 11.0. The topological polar surface area (TPSA) is 139 Å². The van der Waals surface area contributed by atoms with Gasteiger partial charge in [-0.1, -0.05) is 43.7 Å². The van der Waals surface area contributed by atoms with Crippen LogP contribution in [0.1, 0.15) is 41.8 Å². The van der Waals surface area contributed by atoms with Gasteiger partial charge >= 0.3 is 5.97 Å². The van der Waals surface area contributed by atoms with Crippen molar-refractivity contribution in [3.63, 3.8) is 0 Å². The van der Waals surface area contributed by atoms with E-state index in [9.17, 15) is 29.6 Å². The van der Waals surface area contributed by atoms with Crippen molar-refractivity contribution in [2.24, 2.45) is 5.92 Å². The van der Waals surface area contributed by atoms with Gasteiger partial charge in [-0.2, -0.15) is 0 Å². The number of carboxylic acids is 1. The summed E-state index contributed by atoms with van der Waals surface area (Å²) < 4.78 is 0. The minimum absolute atomic E-state index is 0.00255. The number of rotatable bonds is 9. The third-order valence-corrected chi connectivity index (χ3v) is 4.51. The summed E-state index contributed by atoms with van der Waals surface area (Å²) >= 11 is 0. The fourth-order valence-electron chi connectivity index (χ4n) is 2.88. The van der Waals surface area contributed by atoms with Crippen molar-refractivity contribution in [1.29, 1.82) is 0 Å². The molecule has 0 radical (unpaired) electrons. The number of carbonyl (C=O) groups excluding carboxylic acids is 2. The second-order valence-electron chi connectivity index (χ2n) is 7.72. The van der Waals surface area contributed by atoms with E-state index in [-0.39, 0.29) is 23.7 Å². The average molecular weight is 439 g/mol. The molecule has 0 bridgehead atoms. The number of aliphatic carboxylic acids is 1. The van der Waals surface area contributed by atoms with Crippen LogP contribution in [0.5, 0.6) is 0 Å². The molecule has 0 unspecified atom stereocenters. The standard InChI is InChI=1S/C23H25N3O6/c1-14(2)11-20(23(29)30)25-22(28)19(13-16-5-4-6-18(12-16)26(31)32)24-21(27)17-9-7-15(3)8-10-17/h4-10,12-14,20H,11H2,1-3H3,(H,24,27)(H,25,28)(H,29,30)/b19-13+/t20-/m1/s1. The molecule has 0 fully saturated rings. The molecule has 2 rings (SSSR count). The Morgan fingerprint density at radius 2 is 1.78 bits per heavy atom. The SMILES string of the molecule is Cc1ccc(C(=O)N/C(=C/c2cccc([N+](=O)[O-])c2)C(=O)N[C@H](CC(C)C)C(=O)O)cc1. The first kappa shape index (κ1) is 24.3. The molecular weight excluding hydrogens is 414 g/mol. The first-order valence-electron chi connectivity index (χ1n) is 9.94. The van der Waals surface area contributed by atoms with Gasteiger partial charge < -0.3 is 15.7 Å². The zero-order valence-electron chi connectivity index (χ0n) is 18.0. The first-order valence-corrected chi connectivity index (χ1v) is 9.94. The van der Waals surface area contributed by atoms with Crippen LogP contribution in [0.25, 0.3) is 6.08 Å². The second-order valence-corrected chi connectivity index (χ2v) is 7.72. The maximum atomic E-state index is 12.9. The van der Waals surface area contributed by atoms with Crippen molar-refractivity contribution in [3.05, 3.63) is 81.0 Å². The quantitative estimate of drug-likeness (QED) is 0.311. The van der Waals surface area contributed by atoms with Gasteiger partial charge in [-0.25, -0.2) is 4.79 Å². The molecule has 0 aliphatic carbocycles. The molecule has 2 aromatic rings. The molecule has 0 saturated carbocycles. The van der Waals surface area contributed by atoms with E-state index >= 15 is 0 Å². The van der Waals surface area contributed by atoms with Gasteiger partial charge in [0.25, 0.3) is 17.5 Å². The van der Waals surface area contributed by atoms with E-state index in [0.29, 0.717) is 11.1 Å². The summed E-state index contributed by atoms with van der Waals surface area (Å²) in [5.41, 5.74) is 1.12. The van der Waals surface area contributed by atoms with Crippen LogP contribution in [0.15, 0.2) is 54.2 Å². The highest BCUT2D eigenvalue weighted by Gasteiger charge is 2.24. The van der Waals surface area contributed by atoms with Crippen LogP contribution in [0.3, 0.4) is 0 Å². The summed E-state index contributed by atoms with van der Waals surface area (Å²) in [6.07, 6.45) is 1.46. The van der Waals surface area contributed by atoms with E-state index in [1.807, 2.05) is 20.8 Å². The number of non-ortho nitro benzene ring substituents is 1. The highest BCUT2D eigenvalue weighted by atomic mass is 16.6. The van der Waals surface area contributed by atoms with Gasteiger partial charge in [0, 0.05) is 17.7 Å². The Balaban J connectivity index is 2.39. The lowest BCUT2D eigenvalue weighted by Crippen LogP contribution is -2.45. The Bertz CT molecular complexity index is 1040. The van der Waals surface area contributed by atoms with Crippen LogP contribution in [0.2, 0.25) is 0 Å². The molecular formula is C23H25N3O6. The number of nitro groups is 1. The second kappa shape index (κ2) is 10.9. The number of benzene rings is 2. The van der Waals surface area contributed by atoms with Crippen molar-refractivity contribution < 1.29 is 24.4 Å². The van der Waals surface area contributed by atoms with Crippen LogP contribution in [0.4, 0.5) is 5.69 Å². The predicted octanol–water partition coefficient (Wildman–Crippen LogP) is 3.29. The number of aryl methyl sites for hydroxylation is 1. The van der Waals surface area contributed by atoms with Crippen LogP contribution in [-0.2, 0) is 9.59 Å². The lowest BCUT2D eigenvalue weighted by molar-refractivity contribution is -0.384. The van der Waals surface area contributed by atoms with Crippen molar-refractivity contribution in [1.82, 2.24) is 10.6 Å². The minimum Gasteiger partial charge on any atom is -0.480 e. The normalized spacial score (nSPS) is 12.2. The van der Waals surface area contributed by atoms with Gasteiger partial charge in [-0.3, -0.25) is 19.7 Å². The summed E-state index contributed by atoms with van der Waals surface area (Å²) in [5.74, 6) is -2.59. The molecule has 0 heterocycles. The zero-order valence-corrected chi connectivity index (χ0v) is 18.0. The molecule has 3 N–H and O–H groups in total. The number of hydrogen-bond acceptors (Lipinski definition) is 5. The molecule has 0 aliphatic rings. The summed E-state index contributed by atoms with van der Waals surface area (Å²) in [5, 5.41) is 25.4. The van der Waals surface area contributed by atoms with Gasteiger partial charge in [0.05, 0.1) is 4.92 Å². The number of nitrogens with one attached hydrogen (secondary N) is 2. The lowest BCUT2D eigenvalue weighted by atomic mass is 10.0. The molecule has 9 nitrogen and oxygen atoms in total. The third kappa shape index (κ3) is 7.05.